The molecule has 0 bridgehead atoms. The van der Waals surface area contributed by atoms with E-state index in [9.17, 15) is 0 Å². The van der Waals surface area contributed by atoms with Crippen molar-refractivity contribution in [1.29, 1.82) is 5.41 Å². The fourth-order valence-corrected chi connectivity index (χ4v) is 1.69. The highest BCUT2D eigenvalue weighted by atomic mass is 35.5. The number of nitrogens with zero attached hydrogens (tertiary/aromatic N) is 4. The Morgan fingerprint density at radius 3 is 3.00 bits per heavy atom. The first kappa shape index (κ1) is 10.7. The Bertz CT molecular complexity index is 570. The number of halogens is 1. The van der Waals surface area contributed by atoms with Crippen LogP contribution in [-0.2, 0) is 6.54 Å². The topological polar surface area (TPSA) is 97.5 Å². The predicted octanol–water partition coefficient (Wildman–Crippen LogP) is -0.293. The third-order valence-electron chi connectivity index (χ3n) is 2.26. The number of alkyl halides is 1. The summed E-state index contributed by atoms with van der Waals surface area (Å²) in [6.07, 6.45) is 1.59. The number of aryl methyl sites for hydroxylation is 1. The molecular formula is C8H12ClN7. The van der Waals surface area contributed by atoms with Crippen molar-refractivity contribution in [3.63, 3.8) is 0 Å². The van der Waals surface area contributed by atoms with Crippen LogP contribution in [0.25, 0.3) is 11.0 Å². The number of nitrogens with one attached hydrogen (secondary N) is 2. The van der Waals surface area contributed by atoms with Gasteiger partial charge in [-0.15, -0.1) is 11.6 Å². The van der Waals surface area contributed by atoms with Crippen LogP contribution in [0, 0.1) is 5.41 Å². The number of nitrogens with two attached hydrogens (primary N) is 1. The van der Waals surface area contributed by atoms with E-state index >= 15 is 0 Å². The lowest BCUT2D eigenvalue weighted by molar-refractivity contribution is 0.679. The van der Waals surface area contributed by atoms with E-state index in [1.54, 1.807) is 17.9 Å². The second-order valence-electron chi connectivity index (χ2n) is 3.17. The molecule has 0 amide bonds. The van der Waals surface area contributed by atoms with Crippen LogP contribution in [0.2, 0.25) is 0 Å². The maximum Gasteiger partial charge on any atom is 0.223 e. The van der Waals surface area contributed by atoms with E-state index in [-0.39, 0.29) is 11.4 Å². The molecule has 0 aliphatic heterocycles. The van der Waals surface area contributed by atoms with E-state index in [2.05, 4.69) is 15.5 Å². The normalized spacial score (nSPS) is 10.9. The summed E-state index contributed by atoms with van der Waals surface area (Å²) in [5, 5.41) is 12.7. The quantitative estimate of drug-likeness (QED) is 0.643. The average molecular weight is 242 g/mol. The Balaban J connectivity index is 2.74. The number of aromatic nitrogens is 4. The summed E-state index contributed by atoms with van der Waals surface area (Å²) in [6, 6.07) is 0. The highest BCUT2D eigenvalue weighted by molar-refractivity contribution is 6.17. The Morgan fingerprint density at radius 1 is 1.62 bits per heavy atom. The minimum atomic E-state index is 0.219. The number of fused-ring (bicyclic) bond motifs is 1. The van der Waals surface area contributed by atoms with Crippen LogP contribution in [0.15, 0.2) is 6.20 Å². The largest absolute Gasteiger partial charge is 0.368 e. The third kappa shape index (κ3) is 1.49. The van der Waals surface area contributed by atoms with Crippen molar-refractivity contribution < 1.29 is 0 Å². The van der Waals surface area contributed by atoms with Gasteiger partial charge in [-0.3, -0.25) is 5.41 Å². The first-order valence-corrected chi connectivity index (χ1v) is 5.25. The van der Waals surface area contributed by atoms with Crippen LogP contribution in [0.1, 0.15) is 0 Å². The summed E-state index contributed by atoms with van der Waals surface area (Å²) in [5.74, 6) is 0.656. The van der Waals surface area contributed by atoms with Gasteiger partial charge in [-0.05, 0) is 0 Å². The molecule has 8 heteroatoms. The Labute approximate surface area is 96.3 Å². The molecular weight excluding hydrogens is 230 g/mol. The summed E-state index contributed by atoms with van der Waals surface area (Å²) in [5.41, 5.74) is 9.30. The van der Waals surface area contributed by atoms with E-state index in [0.29, 0.717) is 23.5 Å². The molecule has 86 valence electrons. The van der Waals surface area contributed by atoms with Gasteiger partial charge in [-0.2, -0.15) is 10.1 Å². The number of hydrogen-bond acceptors (Lipinski definition) is 5. The van der Waals surface area contributed by atoms with Gasteiger partial charge in [0.15, 0.2) is 11.1 Å². The van der Waals surface area contributed by atoms with Gasteiger partial charge < -0.3 is 11.2 Å². The van der Waals surface area contributed by atoms with Gasteiger partial charge in [-0.25, -0.2) is 9.36 Å². The van der Waals surface area contributed by atoms with Gasteiger partial charge in [0, 0.05) is 12.9 Å². The highest BCUT2D eigenvalue weighted by Crippen LogP contribution is 2.08. The van der Waals surface area contributed by atoms with Crippen LogP contribution >= 0.6 is 11.6 Å². The molecule has 2 heterocycles. The summed E-state index contributed by atoms with van der Waals surface area (Å²) in [4.78, 5) is 4.19. The maximum absolute atomic E-state index is 7.92. The maximum atomic E-state index is 7.92. The van der Waals surface area contributed by atoms with E-state index in [0.717, 1.165) is 0 Å². The standard InChI is InChI=1S/C8H12ClN7/c1-12-16-6(10)5-4-13-15(3-2-9)7(5)14-8(16)11/h4,10,12H,2-3H2,1H3,(H2,11,14). The van der Waals surface area contributed by atoms with Crippen molar-refractivity contribution in [2.24, 2.45) is 0 Å². The molecule has 0 aliphatic carbocycles. The zero-order chi connectivity index (χ0) is 11.7. The molecule has 4 N–H and O–H groups in total. The van der Waals surface area contributed by atoms with Crippen molar-refractivity contribution in [1.82, 2.24) is 19.4 Å². The first-order valence-electron chi connectivity index (χ1n) is 4.71. The van der Waals surface area contributed by atoms with Crippen molar-refractivity contribution in [2.75, 3.05) is 24.1 Å². The molecule has 0 aromatic carbocycles. The summed E-state index contributed by atoms with van der Waals surface area (Å²) >= 11 is 5.65. The van der Waals surface area contributed by atoms with Gasteiger partial charge in [0.1, 0.15) is 0 Å². The molecule has 0 fully saturated rings. The predicted molar refractivity (Wildman–Crippen MR) is 61.8 cm³/mol. The zero-order valence-electron chi connectivity index (χ0n) is 8.74. The van der Waals surface area contributed by atoms with E-state index < -0.39 is 0 Å². The molecule has 0 aliphatic rings. The molecule has 0 saturated carbocycles. The number of rotatable bonds is 3. The van der Waals surface area contributed by atoms with E-state index in [4.69, 9.17) is 22.7 Å². The van der Waals surface area contributed by atoms with Gasteiger partial charge in [-0.1, -0.05) is 0 Å². The molecule has 0 atom stereocenters. The smallest absolute Gasteiger partial charge is 0.223 e. The zero-order valence-corrected chi connectivity index (χ0v) is 9.49. The van der Waals surface area contributed by atoms with Crippen LogP contribution in [0.5, 0.6) is 0 Å². The molecule has 0 spiro atoms. The Kier molecular flexibility index (Phi) is 2.69. The van der Waals surface area contributed by atoms with Crippen molar-refractivity contribution in [3.05, 3.63) is 11.7 Å². The molecule has 7 nitrogen and oxygen atoms in total. The van der Waals surface area contributed by atoms with Crippen molar-refractivity contribution in [3.8, 4) is 0 Å². The molecule has 2 aromatic rings. The highest BCUT2D eigenvalue weighted by Gasteiger charge is 2.10. The fourth-order valence-electron chi connectivity index (χ4n) is 1.53. The SMILES string of the molecule is CNn1c(N)nc2c(cnn2CCCl)c1=N. The van der Waals surface area contributed by atoms with Crippen molar-refractivity contribution >= 4 is 28.6 Å². The third-order valence-corrected chi connectivity index (χ3v) is 2.43. The van der Waals surface area contributed by atoms with Gasteiger partial charge >= 0.3 is 0 Å². The number of hydrogen-bond donors (Lipinski definition) is 3. The van der Waals surface area contributed by atoms with Crippen LogP contribution in [-0.4, -0.2) is 32.4 Å². The lowest BCUT2D eigenvalue weighted by atomic mass is 10.4. The first-order chi connectivity index (χ1) is 7.69. The molecule has 2 aromatic heterocycles. The lowest BCUT2D eigenvalue weighted by Crippen LogP contribution is -2.30. The minimum absolute atomic E-state index is 0.219. The van der Waals surface area contributed by atoms with Crippen LogP contribution in [0.4, 0.5) is 5.95 Å². The van der Waals surface area contributed by atoms with E-state index in [1.807, 2.05) is 0 Å². The minimum Gasteiger partial charge on any atom is -0.368 e. The van der Waals surface area contributed by atoms with E-state index in [1.165, 1.54) is 4.68 Å². The monoisotopic (exact) mass is 241 g/mol. The number of nitrogen functional groups attached to an aromatic ring is 1. The molecule has 0 radical (unpaired) electrons. The lowest BCUT2D eigenvalue weighted by Gasteiger charge is -2.09. The van der Waals surface area contributed by atoms with Crippen LogP contribution in [0.3, 0.4) is 0 Å². The van der Waals surface area contributed by atoms with Crippen LogP contribution < -0.4 is 16.6 Å². The summed E-state index contributed by atoms with van der Waals surface area (Å²) in [6.45, 7) is 0.542. The second-order valence-corrected chi connectivity index (χ2v) is 3.55. The van der Waals surface area contributed by atoms with Gasteiger partial charge in [0.05, 0.1) is 18.1 Å². The molecule has 16 heavy (non-hydrogen) atoms. The summed E-state index contributed by atoms with van der Waals surface area (Å²) in [7, 11) is 1.67. The Morgan fingerprint density at radius 2 is 2.38 bits per heavy atom. The van der Waals surface area contributed by atoms with Crippen molar-refractivity contribution in [2.45, 2.75) is 6.54 Å². The summed E-state index contributed by atoms with van der Waals surface area (Å²) < 4.78 is 3.02. The molecule has 2 rings (SSSR count). The number of anilines is 1. The van der Waals surface area contributed by atoms with Gasteiger partial charge in [0.2, 0.25) is 5.95 Å². The molecule has 0 saturated heterocycles. The average Bonchev–Trinajstić information content (AvgIpc) is 2.63. The Hall–Kier alpha value is -1.76. The fraction of sp³-hybridized carbons (Fsp3) is 0.375. The second kappa shape index (κ2) is 4.01. The molecule has 0 unspecified atom stereocenters. The van der Waals surface area contributed by atoms with Gasteiger partial charge in [0.25, 0.3) is 0 Å².